The Labute approximate surface area is 149 Å². The summed E-state index contributed by atoms with van der Waals surface area (Å²) in [6.45, 7) is 2.03. The largest absolute Gasteiger partial charge is 0.461 e. The van der Waals surface area contributed by atoms with Crippen molar-refractivity contribution in [2.24, 2.45) is 0 Å². The van der Waals surface area contributed by atoms with Crippen LogP contribution in [0, 0.1) is 0 Å². The number of ether oxygens (including phenoxy) is 1. The Morgan fingerprint density at radius 3 is 1.62 bits per heavy atom. The molecule has 4 nitrogen and oxygen atoms in total. The SMILES string of the molecule is CCCCCCCCCCCCCCCCC(O)C(=O)OCCO. The Balaban J connectivity index is 3.18. The molecule has 1 atom stereocenters. The molecule has 0 aliphatic rings. The van der Waals surface area contributed by atoms with Crippen molar-refractivity contribution in [3.63, 3.8) is 0 Å². The molecule has 0 spiro atoms. The van der Waals surface area contributed by atoms with Crippen LogP contribution < -0.4 is 0 Å². The number of hydrogen-bond donors (Lipinski definition) is 2. The molecular weight excluding hydrogens is 304 g/mol. The van der Waals surface area contributed by atoms with Crippen molar-refractivity contribution >= 4 is 5.97 Å². The van der Waals surface area contributed by atoms with Crippen LogP contribution in [0.4, 0.5) is 0 Å². The van der Waals surface area contributed by atoms with E-state index in [0.29, 0.717) is 6.42 Å². The Bertz CT molecular complexity index is 268. The number of carbonyl (C=O) groups is 1. The maximum atomic E-state index is 11.3. The molecule has 24 heavy (non-hydrogen) atoms. The van der Waals surface area contributed by atoms with Crippen LogP contribution in [0.2, 0.25) is 0 Å². The van der Waals surface area contributed by atoms with Gasteiger partial charge in [-0.05, 0) is 6.42 Å². The molecule has 1 unspecified atom stereocenters. The zero-order valence-corrected chi connectivity index (χ0v) is 15.8. The maximum absolute atomic E-state index is 11.3. The van der Waals surface area contributed by atoms with Crippen LogP contribution in [-0.4, -0.2) is 35.5 Å². The highest BCUT2D eigenvalue weighted by atomic mass is 16.6. The summed E-state index contributed by atoms with van der Waals surface area (Å²) in [5, 5.41) is 18.1. The predicted molar refractivity (Wildman–Crippen MR) is 99.0 cm³/mol. The normalized spacial score (nSPS) is 12.3. The van der Waals surface area contributed by atoms with Gasteiger partial charge in [0.25, 0.3) is 0 Å². The van der Waals surface area contributed by atoms with Crippen LogP contribution in [0.3, 0.4) is 0 Å². The van der Waals surface area contributed by atoms with Crippen molar-refractivity contribution in [1.82, 2.24) is 0 Å². The molecule has 0 aliphatic carbocycles. The Hall–Kier alpha value is -0.610. The van der Waals surface area contributed by atoms with Gasteiger partial charge in [0, 0.05) is 0 Å². The van der Waals surface area contributed by atoms with Gasteiger partial charge in [0.1, 0.15) is 6.61 Å². The Morgan fingerprint density at radius 1 is 0.792 bits per heavy atom. The van der Waals surface area contributed by atoms with E-state index in [2.05, 4.69) is 11.7 Å². The first-order chi connectivity index (χ1) is 11.7. The number of rotatable bonds is 18. The smallest absolute Gasteiger partial charge is 0.335 e. The molecule has 144 valence electrons. The molecule has 0 radical (unpaired) electrons. The Morgan fingerprint density at radius 2 is 1.21 bits per heavy atom. The molecule has 0 amide bonds. The van der Waals surface area contributed by atoms with E-state index in [1.54, 1.807) is 0 Å². The highest BCUT2D eigenvalue weighted by Gasteiger charge is 2.15. The lowest BCUT2D eigenvalue weighted by Crippen LogP contribution is -2.24. The fraction of sp³-hybridized carbons (Fsp3) is 0.950. The van der Waals surface area contributed by atoms with E-state index in [0.717, 1.165) is 12.8 Å². The number of carbonyl (C=O) groups excluding carboxylic acids is 1. The third kappa shape index (κ3) is 16.3. The molecule has 0 heterocycles. The van der Waals surface area contributed by atoms with Crippen LogP contribution in [0.1, 0.15) is 103 Å². The topological polar surface area (TPSA) is 66.8 Å². The molecule has 0 aromatic heterocycles. The fourth-order valence-corrected chi connectivity index (χ4v) is 2.89. The van der Waals surface area contributed by atoms with E-state index in [-0.39, 0.29) is 13.2 Å². The van der Waals surface area contributed by atoms with Crippen LogP contribution in [-0.2, 0) is 9.53 Å². The van der Waals surface area contributed by atoms with E-state index in [9.17, 15) is 9.90 Å². The molecule has 0 bridgehead atoms. The van der Waals surface area contributed by atoms with Gasteiger partial charge in [0.05, 0.1) is 6.61 Å². The molecular formula is C20H40O4. The van der Waals surface area contributed by atoms with E-state index >= 15 is 0 Å². The summed E-state index contributed by atoms with van der Waals surface area (Å²) in [5.41, 5.74) is 0. The molecule has 2 N–H and O–H groups in total. The molecule has 0 fully saturated rings. The average molecular weight is 345 g/mol. The van der Waals surface area contributed by atoms with Gasteiger partial charge < -0.3 is 14.9 Å². The van der Waals surface area contributed by atoms with E-state index < -0.39 is 12.1 Å². The van der Waals surface area contributed by atoms with Gasteiger partial charge in [0.2, 0.25) is 0 Å². The summed E-state index contributed by atoms with van der Waals surface area (Å²) in [6, 6.07) is 0. The number of unbranched alkanes of at least 4 members (excludes halogenated alkanes) is 13. The first kappa shape index (κ1) is 23.4. The third-order valence-electron chi connectivity index (χ3n) is 4.44. The molecule has 0 saturated carbocycles. The highest BCUT2D eigenvalue weighted by Crippen LogP contribution is 2.13. The second-order valence-electron chi connectivity index (χ2n) is 6.79. The lowest BCUT2D eigenvalue weighted by molar-refractivity contribution is -0.154. The zero-order valence-electron chi connectivity index (χ0n) is 15.8. The number of aliphatic hydroxyl groups excluding tert-OH is 2. The first-order valence-corrected chi connectivity index (χ1v) is 10.2. The van der Waals surface area contributed by atoms with Crippen molar-refractivity contribution in [2.75, 3.05) is 13.2 Å². The molecule has 0 aromatic rings. The second kappa shape index (κ2) is 18.7. The van der Waals surface area contributed by atoms with Gasteiger partial charge in [-0.1, -0.05) is 96.8 Å². The van der Waals surface area contributed by atoms with E-state index in [4.69, 9.17) is 5.11 Å². The highest BCUT2D eigenvalue weighted by molar-refractivity contribution is 5.74. The van der Waals surface area contributed by atoms with Gasteiger partial charge in [0.15, 0.2) is 6.10 Å². The van der Waals surface area contributed by atoms with Crippen molar-refractivity contribution in [1.29, 1.82) is 0 Å². The summed E-state index contributed by atoms with van der Waals surface area (Å²) in [6.07, 6.45) is 17.5. The lowest BCUT2D eigenvalue weighted by Gasteiger charge is -2.09. The quantitative estimate of drug-likeness (QED) is 0.278. The van der Waals surface area contributed by atoms with Crippen molar-refractivity contribution in [2.45, 2.75) is 109 Å². The van der Waals surface area contributed by atoms with Crippen molar-refractivity contribution < 1.29 is 19.7 Å². The summed E-state index contributed by atoms with van der Waals surface area (Å²) in [7, 11) is 0. The minimum absolute atomic E-state index is 0.0331. The zero-order chi connectivity index (χ0) is 17.9. The third-order valence-corrected chi connectivity index (χ3v) is 4.44. The summed E-state index contributed by atoms with van der Waals surface area (Å²) < 4.78 is 4.68. The molecule has 0 rings (SSSR count). The predicted octanol–water partition coefficient (Wildman–Crippen LogP) is 4.75. The summed E-state index contributed by atoms with van der Waals surface area (Å²) in [4.78, 5) is 11.3. The molecule has 0 aliphatic heterocycles. The minimum atomic E-state index is -1.03. The summed E-state index contributed by atoms with van der Waals surface area (Å²) in [5.74, 6) is -0.612. The van der Waals surface area contributed by atoms with Crippen LogP contribution in [0.25, 0.3) is 0 Å². The standard InChI is InChI=1S/C20H40O4/c1-2-3-4-5-6-7-8-9-10-11-12-13-14-15-16-19(22)20(23)24-18-17-21/h19,21-22H,2-18H2,1H3. The lowest BCUT2D eigenvalue weighted by atomic mass is 10.0. The van der Waals surface area contributed by atoms with Crippen LogP contribution >= 0.6 is 0 Å². The number of aliphatic hydroxyl groups is 2. The van der Waals surface area contributed by atoms with Crippen LogP contribution in [0.15, 0.2) is 0 Å². The van der Waals surface area contributed by atoms with Gasteiger partial charge in [-0.2, -0.15) is 0 Å². The molecule has 4 heteroatoms. The average Bonchev–Trinajstić information content (AvgIpc) is 2.59. The van der Waals surface area contributed by atoms with Gasteiger partial charge in [-0.15, -0.1) is 0 Å². The van der Waals surface area contributed by atoms with E-state index in [1.807, 2.05) is 0 Å². The van der Waals surface area contributed by atoms with Crippen molar-refractivity contribution in [3.8, 4) is 0 Å². The monoisotopic (exact) mass is 344 g/mol. The summed E-state index contributed by atoms with van der Waals surface area (Å²) >= 11 is 0. The van der Waals surface area contributed by atoms with Gasteiger partial charge >= 0.3 is 5.97 Å². The Kier molecular flexibility index (Phi) is 18.2. The van der Waals surface area contributed by atoms with Crippen molar-refractivity contribution in [3.05, 3.63) is 0 Å². The van der Waals surface area contributed by atoms with Gasteiger partial charge in [-0.3, -0.25) is 0 Å². The number of hydrogen-bond acceptors (Lipinski definition) is 4. The maximum Gasteiger partial charge on any atom is 0.335 e. The molecule has 0 aromatic carbocycles. The number of esters is 1. The molecule has 0 saturated heterocycles. The first-order valence-electron chi connectivity index (χ1n) is 10.2. The van der Waals surface area contributed by atoms with E-state index in [1.165, 1.54) is 77.0 Å². The second-order valence-corrected chi connectivity index (χ2v) is 6.79. The van der Waals surface area contributed by atoms with Crippen LogP contribution in [0.5, 0.6) is 0 Å². The van der Waals surface area contributed by atoms with Gasteiger partial charge in [-0.25, -0.2) is 4.79 Å². The minimum Gasteiger partial charge on any atom is -0.461 e. The fourth-order valence-electron chi connectivity index (χ4n) is 2.89.